The van der Waals surface area contributed by atoms with E-state index in [1.165, 1.54) is 0 Å². The number of nitrogen functional groups attached to an aromatic ring is 1. The van der Waals surface area contributed by atoms with E-state index in [1.54, 1.807) is 0 Å². The Balaban J connectivity index is 1.99. The van der Waals surface area contributed by atoms with Gasteiger partial charge in [0.1, 0.15) is 0 Å². The zero-order chi connectivity index (χ0) is 18.6. The fraction of sp³-hybridized carbons (Fsp3) is 0.400. The fourth-order valence-electron chi connectivity index (χ4n) is 2.21. The number of thioether (sulfide) groups is 1. The fourth-order valence-corrected chi connectivity index (χ4v) is 2.88. The third-order valence-corrected chi connectivity index (χ3v) is 4.34. The zero-order valence-electron chi connectivity index (χ0n) is 13.6. The lowest BCUT2D eigenvalue weighted by atomic mass is 9.96. The Morgan fingerprint density at radius 1 is 1.28 bits per heavy atom. The van der Waals surface area contributed by atoms with Crippen LogP contribution in [0.15, 0.2) is 35.5 Å². The molecule has 2 aromatic rings. The van der Waals surface area contributed by atoms with Crippen molar-refractivity contribution in [3.8, 4) is 0 Å². The highest BCUT2D eigenvalue weighted by atomic mass is 32.2. The first-order chi connectivity index (χ1) is 11.7. The Kier molecular flexibility index (Phi) is 5.93. The molecule has 0 spiro atoms. The van der Waals surface area contributed by atoms with Crippen molar-refractivity contribution < 1.29 is 18.0 Å². The number of aromatic nitrogens is 3. The quantitative estimate of drug-likeness (QED) is 0.601. The molecule has 1 atom stereocenters. The number of alkyl halides is 3. The molecule has 0 radical (unpaired) electrons. The molecule has 0 fully saturated rings. The minimum atomic E-state index is -4.70. The number of nitrogens with one attached hydrogen (secondary N) is 1. The van der Waals surface area contributed by atoms with E-state index in [1.807, 2.05) is 44.2 Å². The summed E-state index contributed by atoms with van der Waals surface area (Å²) in [5.41, 5.74) is 0.956. The number of amides is 1. The number of nitrogens with zero attached hydrogens (tertiary/aromatic N) is 3. The van der Waals surface area contributed by atoms with E-state index < -0.39 is 12.0 Å². The standard InChI is InChI=1S/C15H18F3N5OS/c1-9(2)12(10-6-4-3-5-7-10)20-11(24)8-25-14-22-21-13(23(14)19)15(16,17)18/h3-7,9,12H,8,19H2,1-2H3,(H,20,24). The predicted octanol–water partition coefficient (Wildman–Crippen LogP) is 2.62. The first-order valence-electron chi connectivity index (χ1n) is 7.45. The number of halogens is 3. The Hall–Kier alpha value is -2.23. The van der Waals surface area contributed by atoms with Gasteiger partial charge in [-0.1, -0.05) is 55.9 Å². The van der Waals surface area contributed by atoms with Gasteiger partial charge < -0.3 is 11.2 Å². The van der Waals surface area contributed by atoms with Crippen LogP contribution in [0.3, 0.4) is 0 Å². The first-order valence-corrected chi connectivity index (χ1v) is 8.43. The lowest BCUT2D eigenvalue weighted by molar-refractivity contribution is -0.146. The Morgan fingerprint density at radius 2 is 1.92 bits per heavy atom. The lowest BCUT2D eigenvalue weighted by Crippen LogP contribution is -2.33. The molecule has 2 rings (SSSR count). The summed E-state index contributed by atoms with van der Waals surface area (Å²) in [5, 5.41) is 9.09. The van der Waals surface area contributed by atoms with Gasteiger partial charge in [0, 0.05) is 0 Å². The minimum Gasteiger partial charge on any atom is -0.348 e. The first kappa shape index (κ1) is 19.1. The summed E-state index contributed by atoms with van der Waals surface area (Å²) >= 11 is 0.793. The smallest absolute Gasteiger partial charge is 0.348 e. The molecule has 1 unspecified atom stereocenters. The SMILES string of the molecule is CC(C)C(NC(=O)CSc1nnc(C(F)(F)F)n1N)c1ccccc1. The van der Waals surface area contributed by atoms with Gasteiger partial charge in [-0.05, 0) is 11.5 Å². The summed E-state index contributed by atoms with van der Waals surface area (Å²) in [4.78, 5) is 12.2. The van der Waals surface area contributed by atoms with E-state index in [4.69, 9.17) is 5.84 Å². The molecule has 1 amide bonds. The van der Waals surface area contributed by atoms with E-state index in [9.17, 15) is 18.0 Å². The van der Waals surface area contributed by atoms with Crippen LogP contribution in [0.25, 0.3) is 0 Å². The highest BCUT2D eigenvalue weighted by molar-refractivity contribution is 7.99. The molecule has 6 nitrogen and oxygen atoms in total. The van der Waals surface area contributed by atoms with Crippen molar-refractivity contribution in [1.82, 2.24) is 20.2 Å². The second-order valence-corrected chi connectivity index (χ2v) is 6.61. The number of carbonyl (C=O) groups excluding carboxylic acids is 1. The Labute approximate surface area is 147 Å². The van der Waals surface area contributed by atoms with Crippen LogP contribution in [0, 0.1) is 5.92 Å². The van der Waals surface area contributed by atoms with Gasteiger partial charge in [0.25, 0.3) is 5.82 Å². The maximum atomic E-state index is 12.6. The van der Waals surface area contributed by atoms with Crippen LogP contribution in [0.4, 0.5) is 13.2 Å². The van der Waals surface area contributed by atoms with Crippen LogP contribution < -0.4 is 11.2 Å². The van der Waals surface area contributed by atoms with Gasteiger partial charge in [0.05, 0.1) is 11.8 Å². The number of benzene rings is 1. The average Bonchev–Trinajstić information content (AvgIpc) is 2.92. The van der Waals surface area contributed by atoms with Crippen LogP contribution in [0.2, 0.25) is 0 Å². The predicted molar refractivity (Wildman–Crippen MR) is 88.1 cm³/mol. The maximum absolute atomic E-state index is 12.6. The summed E-state index contributed by atoms with van der Waals surface area (Å²) in [6.07, 6.45) is -4.70. The lowest BCUT2D eigenvalue weighted by Gasteiger charge is -2.22. The van der Waals surface area contributed by atoms with Crippen molar-refractivity contribution in [3.63, 3.8) is 0 Å². The highest BCUT2D eigenvalue weighted by Gasteiger charge is 2.38. The summed E-state index contributed by atoms with van der Waals surface area (Å²) in [5.74, 6) is 3.72. The van der Waals surface area contributed by atoms with Crippen molar-refractivity contribution >= 4 is 17.7 Å². The van der Waals surface area contributed by atoms with Gasteiger partial charge in [-0.2, -0.15) is 13.2 Å². The van der Waals surface area contributed by atoms with Crippen LogP contribution >= 0.6 is 11.8 Å². The van der Waals surface area contributed by atoms with Crippen molar-refractivity contribution in [3.05, 3.63) is 41.7 Å². The third-order valence-electron chi connectivity index (χ3n) is 3.39. The zero-order valence-corrected chi connectivity index (χ0v) is 14.4. The molecule has 0 aliphatic rings. The van der Waals surface area contributed by atoms with Gasteiger partial charge in [-0.15, -0.1) is 10.2 Å². The Bertz CT molecular complexity index is 718. The van der Waals surface area contributed by atoms with Gasteiger partial charge in [0.2, 0.25) is 11.1 Å². The van der Waals surface area contributed by atoms with Crippen LogP contribution in [0.1, 0.15) is 31.3 Å². The van der Waals surface area contributed by atoms with Crippen LogP contribution in [-0.4, -0.2) is 26.5 Å². The summed E-state index contributed by atoms with van der Waals surface area (Å²) in [6.45, 7) is 3.94. The largest absolute Gasteiger partial charge is 0.453 e. The van der Waals surface area contributed by atoms with Crippen LogP contribution in [-0.2, 0) is 11.0 Å². The molecule has 136 valence electrons. The van der Waals surface area contributed by atoms with E-state index in [-0.39, 0.29) is 28.8 Å². The molecule has 0 saturated carbocycles. The van der Waals surface area contributed by atoms with Gasteiger partial charge >= 0.3 is 6.18 Å². The van der Waals surface area contributed by atoms with Crippen molar-refractivity contribution in [2.45, 2.75) is 31.2 Å². The van der Waals surface area contributed by atoms with Crippen molar-refractivity contribution in [2.24, 2.45) is 5.92 Å². The molecule has 0 saturated heterocycles. The number of nitrogens with two attached hydrogens (primary N) is 1. The van der Waals surface area contributed by atoms with Crippen LogP contribution in [0.5, 0.6) is 0 Å². The topological polar surface area (TPSA) is 85.8 Å². The van der Waals surface area contributed by atoms with E-state index in [0.717, 1.165) is 17.3 Å². The average molecular weight is 373 g/mol. The molecular weight excluding hydrogens is 355 g/mol. The van der Waals surface area contributed by atoms with Crippen molar-refractivity contribution in [1.29, 1.82) is 0 Å². The number of carbonyl (C=O) groups is 1. The van der Waals surface area contributed by atoms with Gasteiger partial charge in [-0.3, -0.25) is 4.79 Å². The molecule has 1 aromatic heterocycles. The normalized spacial score (nSPS) is 13.0. The molecule has 3 N–H and O–H groups in total. The van der Waals surface area contributed by atoms with Crippen molar-refractivity contribution in [2.75, 3.05) is 11.6 Å². The highest BCUT2D eigenvalue weighted by Crippen LogP contribution is 2.29. The Morgan fingerprint density at radius 3 is 2.44 bits per heavy atom. The molecule has 1 aromatic carbocycles. The maximum Gasteiger partial charge on any atom is 0.453 e. The van der Waals surface area contributed by atoms with E-state index in [0.29, 0.717) is 4.68 Å². The third kappa shape index (κ3) is 4.88. The van der Waals surface area contributed by atoms with E-state index in [2.05, 4.69) is 15.5 Å². The summed E-state index contributed by atoms with van der Waals surface area (Å²) < 4.78 is 38.2. The number of hydrogen-bond donors (Lipinski definition) is 2. The second kappa shape index (κ2) is 7.77. The van der Waals surface area contributed by atoms with Gasteiger partial charge in [-0.25, -0.2) is 4.68 Å². The second-order valence-electron chi connectivity index (χ2n) is 5.66. The molecular formula is C15H18F3N5OS. The number of hydrogen-bond acceptors (Lipinski definition) is 5. The van der Waals surface area contributed by atoms with E-state index >= 15 is 0 Å². The monoisotopic (exact) mass is 373 g/mol. The molecule has 0 aliphatic heterocycles. The molecule has 1 heterocycles. The number of rotatable bonds is 6. The molecule has 0 aliphatic carbocycles. The molecule has 10 heteroatoms. The summed E-state index contributed by atoms with van der Waals surface area (Å²) in [6, 6.07) is 9.25. The summed E-state index contributed by atoms with van der Waals surface area (Å²) in [7, 11) is 0. The molecule has 25 heavy (non-hydrogen) atoms. The minimum absolute atomic E-state index is 0.122. The molecule has 0 bridgehead atoms. The van der Waals surface area contributed by atoms with Gasteiger partial charge in [0.15, 0.2) is 0 Å².